The summed E-state index contributed by atoms with van der Waals surface area (Å²) in [6.07, 6.45) is 0.797. The summed E-state index contributed by atoms with van der Waals surface area (Å²) in [6.45, 7) is 1.55. The second-order valence-electron chi connectivity index (χ2n) is 6.53. The molecule has 0 aliphatic heterocycles. The van der Waals surface area contributed by atoms with Crippen molar-refractivity contribution < 1.29 is 9.53 Å². The van der Waals surface area contributed by atoms with Crippen LogP contribution in [0.1, 0.15) is 5.56 Å². The van der Waals surface area contributed by atoms with Gasteiger partial charge in [0.2, 0.25) is 5.91 Å². The molecule has 0 saturated heterocycles. The predicted octanol–water partition coefficient (Wildman–Crippen LogP) is 2.65. The van der Waals surface area contributed by atoms with E-state index in [1.54, 1.807) is 37.9 Å². The standard InChI is InChI=1S/C22H30N4O2S/c1-26(2)21(27)17-25-22(24-15-16-29-19-10-5-4-6-11-19)23-14-13-18-9-7-8-12-20(18)28-3/h4-12H,13-17H2,1-3H3,(H2,23,24,25). The Bertz CT molecular complexity index is 781. The molecular formula is C22H30N4O2S. The Morgan fingerprint density at radius 3 is 2.45 bits per heavy atom. The molecule has 0 aliphatic carbocycles. The second-order valence-corrected chi connectivity index (χ2v) is 7.70. The molecule has 7 heteroatoms. The van der Waals surface area contributed by atoms with E-state index in [-0.39, 0.29) is 12.5 Å². The number of guanidine groups is 1. The van der Waals surface area contributed by atoms with Gasteiger partial charge in [-0.2, -0.15) is 0 Å². The number of para-hydroxylation sites is 1. The zero-order valence-electron chi connectivity index (χ0n) is 17.4. The number of nitrogens with zero attached hydrogens (tertiary/aromatic N) is 2. The third-order valence-corrected chi connectivity index (χ3v) is 5.17. The first-order valence-electron chi connectivity index (χ1n) is 9.62. The first kappa shape index (κ1) is 22.6. The number of methoxy groups -OCH3 is 1. The number of ether oxygens (including phenoxy) is 1. The number of aliphatic imine (C=N–C) groups is 1. The Labute approximate surface area is 177 Å². The van der Waals surface area contributed by atoms with Crippen molar-refractivity contribution in [2.75, 3.05) is 46.6 Å². The molecule has 0 bridgehead atoms. The van der Waals surface area contributed by atoms with Crippen molar-refractivity contribution in [3.63, 3.8) is 0 Å². The monoisotopic (exact) mass is 414 g/mol. The minimum absolute atomic E-state index is 0.0329. The number of thioether (sulfide) groups is 1. The van der Waals surface area contributed by atoms with Crippen LogP contribution in [0.2, 0.25) is 0 Å². The van der Waals surface area contributed by atoms with Gasteiger partial charge in [-0.05, 0) is 30.2 Å². The molecule has 2 rings (SSSR count). The molecule has 0 heterocycles. The quantitative estimate of drug-likeness (QED) is 0.271. The van der Waals surface area contributed by atoms with Crippen LogP contribution in [0, 0.1) is 0 Å². The van der Waals surface area contributed by atoms with Gasteiger partial charge in [0, 0.05) is 37.8 Å². The number of hydrogen-bond donors (Lipinski definition) is 2. The molecule has 0 radical (unpaired) electrons. The Balaban J connectivity index is 1.86. The van der Waals surface area contributed by atoms with Crippen molar-refractivity contribution in [2.24, 2.45) is 4.99 Å². The van der Waals surface area contributed by atoms with Gasteiger partial charge in [0.15, 0.2) is 5.96 Å². The van der Waals surface area contributed by atoms with Crippen molar-refractivity contribution in [1.29, 1.82) is 0 Å². The van der Waals surface area contributed by atoms with E-state index in [4.69, 9.17) is 4.74 Å². The van der Waals surface area contributed by atoms with Crippen molar-refractivity contribution in [1.82, 2.24) is 15.5 Å². The van der Waals surface area contributed by atoms with Gasteiger partial charge in [-0.15, -0.1) is 11.8 Å². The SMILES string of the molecule is COc1ccccc1CCNC(=NCC(=O)N(C)C)NCCSc1ccccc1. The summed E-state index contributed by atoms with van der Waals surface area (Å²) in [7, 11) is 5.14. The van der Waals surface area contributed by atoms with Crippen molar-refractivity contribution in [3.8, 4) is 5.75 Å². The van der Waals surface area contributed by atoms with Crippen molar-refractivity contribution in [2.45, 2.75) is 11.3 Å². The topological polar surface area (TPSA) is 66.0 Å². The molecular weight excluding hydrogens is 384 g/mol. The summed E-state index contributed by atoms with van der Waals surface area (Å²) in [5.41, 5.74) is 1.13. The summed E-state index contributed by atoms with van der Waals surface area (Å²) in [5, 5.41) is 6.63. The van der Waals surface area contributed by atoms with Gasteiger partial charge in [-0.25, -0.2) is 4.99 Å². The number of carbonyl (C=O) groups is 1. The molecule has 156 valence electrons. The molecule has 2 aromatic carbocycles. The average Bonchev–Trinajstić information content (AvgIpc) is 2.75. The van der Waals surface area contributed by atoms with Crippen LogP contribution in [0.3, 0.4) is 0 Å². The van der Waals surface area contributed by atoms with E-state index < -0.39 is 0 Å². The lowest BCUT2D eigenvalue weighted by molar-refractivity contribution is -0.127. The third kappa shape index (κ3) is 8.48. The zero-order valence-corrected chi connectivity index (χ0v) is 18.2. The van der Waals surface area contributed by atoms with Crippen molar-refractivity contribution in [3.05, 3.63) is 60.2 Å². The highest BCUT2D eigenvalue weighted by atomic mass is 32.2. The van der Waals surface area contributed by atoms with Gasteiger partial charge in [0.1, 0.15) is 12.3 Å². The van der Waals surface area contributed by atoms with E-state index in [1.165, 1.54) is 4.90 Å². The fraction of sp³-hybridized carbons (Fsp3) is 0.364. The van der Waals surface area contributed by atoms with Crippen LogP contribution in [0.4, 0.5) is 0 Å². The summed E-state index contributed by atoms with van der Waals surface area (Å²) >= 11 is 1.78. The highest BCUT2D eigenvalue weighted by Crippen LogP contribution is 2.17. The van der Waals surface area contributed by atoms with Crippen LogP contribution in [-0.2, 0) is 11.2 Å². The van der Waals surface area contributed by atoms with E-state index in [0.29, 0.717) is 12.5 Å². The van der Waals surface area contributed by atoms with Gasteiger partial charge in [-0.3, -0.25) is 4.79 Å². The van der Waals surface area contributed by atoms with Gasteiger partial charge in [0.25, 0.3) is 0 Å². The highest BCUT2D eigenvalue weighted by Gasteiger charge is 2.06. The maximum Gasteiger partial charge on any atom is 0.243 e. The van der Waals surface area contributed by atoms with Crippen LogP contribution >= 0.6 is 11.8 Å². The lowest BCUT2D eigenvalue weighted by Crippen LogP contribution is -2.40. The van der Waals surface area contributed by atoms with Gasteiger partial charge in [0.05, 0.1) is 7.11 Å². The largest absolute Gasteiger partial charge is 0.496 e. The van der Waals surface area contributed by atoms with Gasteiger partial charge >= 0.3 is 0 Å². The molecule has 0 spiro atoms. The van der Waals surface area contributed by atoms with Crippen LogP contribution in [0.25, 0.3) is 0 Å². The number of nitrogens with one attached hydrogen (secondary N) is 2. The molecule has 0 unspecified atom stereocenters. The maximum absolute atomic E-state index is 11.9. The summed E-state index contributed by atoms with van der Waals surface area (Å²) < 4.78 is 5.40. The molecule has 0 atom stereocenters. The molecule has 0 fully saturated rings. The minimum atomic E-state index is -0.0329. The number of likely N-dealkylation sites (N-methyl/N-ethyl adjacent to an activating group) is 1. The van der Waals surface area contributed by atoms with E-state index in [9.17, 15) is 4.79 Å². The van der Waals surface area contributed by atoms with Crippen LogP contribution < -0.4 is 15.4 Å². The van der Waals surface area contributed by atoms with Crippen LogP contribution in [0.15, 0.2) is 64.5 Å². The molecule has 0 aliphatic rings. The number of rotatable bonds is 10. The lowest BCUT2D eigenvalue weighted by Gasteiger charge is -2.14. The Morgan fingerprint density at radius 1 is 1.03 bits per heavy atom. The van der Waals surface area contributed by atoms with E-state index in [1.807, 2.05) is 36.4 Å². The fourth-order valence-electron chi connectivity index (χ4n) is 2.54. The number of carbonyl (C=O) groups excluding carboxylic acids is 1. The molecule has 6 nitrogen and oxygen atoms in total. The number of hydrogen-bond acceptors (Lipinski definition) is 4. The molecule has 29 heavy (non-hydrogen) atoms. The lowest BCUT2D eigenvalue weighted by atomic mass is 10.1. The zero-order chi connectivity index (χ0) is 20.9. The van der Waals surface area contributed by atoms with E-state index >= 15 is 0 Å². The Hall–Kier alpha value is -2.67. The van der Waals surface area contributed by atoms with Crippen LogP contribution in [0.5, 0.6) is 5.75 Å². The minimum Gasteiger partial charge on any atom is -0.496 e. The predicted molar refractivity (Wildman–Crippen MR) is 121 cm³/mol. The van der Waals surface area contributed by atoms with Crippen LogP contribution in [-0.4, -0.2) is 63.4 Å². The van der Waals surface area contributed by atoms with Gasteiger partial charge < -0.3 is 20.3 Å². The smallest absolute Gasteiger partial charge is 0.243 e. The van der Waals surface area contributed by atoms with Crippen molar-refractivity contribution >= 4 is 23.6 Å². The molecule has 2 aromatic rings. The summed E-state index contributed by atoms with van der Waals surface area (Å²) in [4.78, 5) is 19.1. The molecule has 0 saturated carbocycles. The summed E-state index contributed by atoms with van der Waals surface area (Å²) in [6, 6.07) is 18.3. The highest BCUT2D eigenvalue weighted by molar-refractivity contribution is 7.99. The second kappa shape index (κ2) is 12.7. The van der Waals surface area contributed by atoms with Gasteiger partial charge in [-0.1, -0.05) is 36.4 Å². The van der Waals surface area contributed by atoms with E-state index in [2.05, 4.69) is 33.8 Å². The van der Waals surface area contributed by atoms with E-state index in [0.717, 1.165) is 30.0 Å². The normalized spacial score (nSPS) is 11.1. The summed E-state index contributed by atoms with van der Waals surface area (Å²) in [5.74, 6) is 2.39. The average molecular weight is 415 g/mol. The first-order chi connectivity index (χ1) is 14.1. The number of benzene rings is 2. The fourth-order valence-corrected chi connectivity index (χ4v) is 3.33. The maximum atomic E-state index is 11.9. The Morgan fingerprint density at radius 2 is 1.72 bits per heavy atom. The Kier molecular flexibility index (Phi) is 9.92. The molecule has 1 amide bonds. The number of amides is 1. The first-order valence-corrected chi connectivity index (χ1v) is 10.6. The molecule has 2 N–H and O–H groups in total. The molecule has 0 aromatic heterocycles. The third-order valence-electron chi connectivity index (χ3n) is 4.16.